The van der Waals surface area contributed by atoms with E-state index in [-0.39, 0.29) is 0 Å². The normalized spacial score (nSPS) is 12.9. The van der Waals surface area contributed by atoms with Crippen LogP contribution in [0.5, 0.6) is 0 Å². The number of nitrogens with zero attached hydrogens (tertiary/aromatic N) is 1. The van der Waals surface area contributed by atoms with Gasteiger partial charge in [0.05, 0.1) is 0 Å². The van der Waals surface area contributed by atoms with Crippen molar-refractivity contribution in [3.05, 3.63) is 108 Å². The van der Waals surface area contributed by atoms with Crippen LogP contribution in [0.4, 0.5) is 0 Å². The van der Waals surface area contributed by atoms with Gasteiger partial charge >= 0.3 is 0 Å². The molecule has 1 nitrogen and oxygen atoms in total. The Morgan fingerprint density at radius 3 is 2.27 bits per heavy atom. The monoisotopic (exact) mass is 383 g/mol. The highest BCUT2D eigenvalue weighted by atomic mass is 14.6. The van der Waals surface area contributed by atoms with E-state index in [1.807, 2.05) is 18.5 Å². The third-order valence-electron chi connectivity index (χ3n) is 6.19. The summed E-state index contributed by atoms with van der Waals surface area (Å²) < 4.78 is 0. The van der Waals surface area contributed by atoms with Gasteiger partial charge < -0.3 is 0 Å². The van der Waals surface area contributed by atoms with E-state index >= 15 is 0 Å². The van der Waals surface area contributed by atoms with E-state index in [1.165, 1.54) is 49.4 Å². The molecule has 5 aromatic rings. The van der Waals surface area contributed by atoms with Crippen LogP contribution < -0.4 is 0 Å². The zero-order valence-corrected chi connectivity index (χ0v) is 16.7. The molecule has 0 atom stereocenters. The van der Waals surface area contributed by atoms with Crippen LogP contribution >= 0.6 is 0 Å². The Labute approximate surface area is 176 Å². The zero-order chi connectivity index (χ0) is 19.9. The van der Waals surface area contributed by atoms with E-state index in [0.717, 1.165) is 18.4 Å². The largest absolute Gasteiger partial charge is 0.264 e. The molecule has 0 bridgehead atoms. The number of aryl methyl sites for hydroxylation is 1. The van der Waals surface area contributed by atoms with Crippen molar-refractivity contribution < 1.29 is 0 Å². The molecule has 0 fully saturated rings. The number of benzene rings is 4. The first-order chi connectivity index (χ1) is 14.8. The molecule has 30 heavy (non-hydrogen) atoms. The van der Waals surface area contributed by atoms with Gasteiger partial charge in [-0.05, 0) is 92.0 Å². The van der Waals surface area contributed by atoms with Gasteiger partial charge in [0.2, 0.25) is 0 Å². The minimum absolute atomic E-state index is 1.14. The van der Waals surface area contributed by atoms with Crippen molar-refractivity contribution in [1.29, 1.82) is 0 Å². The predicted octanol–water partition coefficient (Wildman–Crippen LogP) is 7.68. The lowest BCUT2D eigenvalue weighted by molar-refractivity contribution is 0.990. The molecule has 142 valence electrons. The fourth-order valence-corrected chi connectivity index (χ4v) is 4.56. The third-order valence-corrected chi connectivity index (χ3v) is 6.19. The van der Waals surface area contributed by atoms with Gasteiger partial charge in [-0.3, -0.25) is 4.98 Å². The summed E-state index contributed by atoms with van der Waals surface area (Å²) in [5.41, 5.74) is 7.68. The number of fused-ring (bicyclic) bond motifs is 4. The first-order valence-electron chi connectivity index (χ1n) is 10.5. The van der Waals surface area contributed by atoms with Crippen LogP contribution in [-0.4, -0.2) is 4.98 Å². The molecule has 6 rings (SSSR count). The van der Waals surface area contributed by atoms with E-state index in [9.17, 15) is 0 Å². The Morgan fingerprint density at radius 1 is 0.633 bits per heavy atom. The summed E-state index contributed by atoms with van der Waals surface area (Å²) >= 11 is 0. The lowest BCUT2D eigenvalue weighted by Gasteiger charge is -2.14. The Balaban J connectivity index is 1.42. The summed E-state index contributed by atoms with van der Waals surface area (Å²) in [7, 11) is 0. The summed E-state index contributed by atoms with van der Waals surface area (Å²) in [6.45, 7) is 0. The van der Waals surface area contributed by atoms with E-state index in [2.05, 4.69) is 89.9 Å². The molecule has 0 spiro atoms. The van der Waals surface area contributed by atoms with Gasteiger partial charge in [0.25, 0.3) is 0 Å². The molecule has 1 heterocycles. The summed E-state index contributed by atoms with van der Waals surface area (Å²) in [5.74, 6) is 0. The van der Waals surface area contributed by atoms with E-state index in [1.54, 1.807) is 0 Å². The molecular weight excluding hydrogens is 362 g/mol. The maximum atomic E-state index is 4.22. The first kappa shape index (κ1) is 17.2. The highest BCUT2D eigenvalue weighted by Gasteiger charge is 2.10. The van der Waals surface area contributed by atoms with Gasteiger partial charge in [-0.1, -0.05) is 66.7 Å². The Morgan fingerprint density at radius 2 is 1.43 bits per heavy atom. The van der Waals surface area contributed by atoms with Gasteiger partial charge in [0, 0.05) is 12.4 Å². The fraction of sp³-hybridized carbons (Fsp3) is 0.0690. The second-order valence-corrected chi connectivity index (χ2v) is 8.03. The molecule has 0 saturated carbocycles. The van der Waals surface area contributed by atoms with Crippen LogP contribution in [0.1, 0.15) is 17.5 Å². The zero-order valence-electron chi connectivity index (χ0n) is 16.7. The predicted molar refractivity (Wildman–Crippen MR) is 127 cm³/mol. The molecule has 0 unspecified atom stereocenters. The maximum Gasteiger partial charge on any atom is 0.0346 e. The van der Waals surface area contributed by atoms with E-state index < -0.39 is 0 Å². The second-order valence-electron chi connectivity index (χ2n) is 8.03. The van der Waals surface area contributed by atoms with Crippen molar-refractivity contribution in [2.75, 3.05) is 0 Å². The number of pyridine rings is 1. The lowest BCUT2D eigenvalue weighted by atomic mass is 9.90. The lowest BCUT2D eigenvalue weighted by Crippen LogP contribution is -1.94. The minimum Gasteiger partial charge on any atom is -0.264 e. The van der Waals surface area contributed by atoms with Crippen molar-refractivity contribution >= 4 is 27.6 Å². The highest BCUT2D eigenvalue weighted by Crippen LogP contribution is 2.33. The van der Waals surface area contributed by atoms with Crippen LogP contribution in [0.25, 0.3) is 49.9 Å². The van der Waals surface area contributed by atoms with E-state index in [0.29, 0.717) is 0 Å². The summed E-state index contributed by atoms with van der Waals surface area (Å²) in [5, 5.41) is 5.27. The molecule has 0 radical (unpaired) electrons. The van der Waals surface area contributed by atoms with Crippen molar-refractivity contribution in [1.82, 2.24) is 4.98 Å². The molecular formula is C29H21N. The van der Waals surface area contributed by atoms with Gasteiger partial charge in [-0.2, -0.15) is 0 Å². The van der Waals surface area contributed by atoms with Gasteiger partial charge in [-0.25, -0.2) is 0 Å². The number of allylic oxidation sites excluding steroid dienone is 1. The highest BCUT2D eigenvalue weighted by molar-refractivity contribution is 6.03. The molecule has 1 aliphatic carbocycles. The van der Waals surface area contributed by atoms with Crippen molar-refractivity contribution in [3.63, 3.8) is 0 Å². The Bertz CT molecular complexity index is 1410. The molecule has 0 aliphatic heterocycles. The van der Waals surface area contributed by atoms with Crippen molar-refractivity contribution in [3.8, 4) is 22.3 Å². The smallest absolute Gasteiger partial charge is 0.0346 e. The average molecular weight is 383 g/mol. The van der Waals surface area contributed by atoms with E-state index in [4.69, 9.17) is 0 Å². The van der Waals surface area contributed by atoms with Crippen molar-refractivity contribution in [2.24, 2.45) is 0 Å². The Kier molecular flexibility index (Phi) is 3.99. The summed E-state index contributed by atoms with van der Waals surface area (Å²) in [6.07, 6.45) is 10.6. The van der Waals surface area contributed by atoms with Crippen LogP contribution in [0.2, 0.25) is 0 Å². The van der Waals surface area contributed by atoms with Crippen molar-refractivity contribution in [2.45, 2.75) is 12.8 Å². The quantitative estimate of drug-likeness (QED) is 0.285. The van der Waals surface area contributed by atoms with Crippen LogP contribution in [0.15, 0.2) is 97.3 Å². The summed E-state index contributed by atoms with van der Waals surface area (Å²) in [6, 6.07) is 28.9. The van der Waals surface area contributed by atoms with Crippen LogP contribution in [0, 0.1) is 0 Å². The van der Waals surface area contributed by atoms with Gasteiger partial charge in [0.1, 0.15) is 0 Å². The average Bonchev–Trinajstić information content (AvgIpc) is 2.83. The fourth-order valence-electron chi connectivity index (χ4n) is 4.56. The number of aromatic nitrogens is 1. The third kappa shape index (κ3) is 2.91. The molecule has 4 aromatic carbocycles. The standard InChI is InChI=1S/C29H21N/c1-2-6-28-22(4-1)11-14-25-17-27-16-23(12-13-24(27)18-29(25)28)20-7-9-21(10-8-20)26-5-3-15-30-19-26/h2-3,5-19H,1,4H2. The molecule has 0 N–H and O–H groups in total. The van der Waals surface area contributed by atoms with Crippen LogP contribution in [-0.2, 0) is 6.42 Å². The molecule has 1 aromatic heterocycles. The summed E-state index contributed by atoms with van der Waals surface area (Å²) in [4.78, 5) is 4.22. The number of hydrogen-bond donors (Lipinski definition) is 0. The maximum absolute atomic E-state index is 4.22. The topological polar surface area (TPSA) is 12.9 Å². The first-order valence-corrected chi connectivity index (χ1v) is 10.5. The second kappa shape index (κ2) is 6.96. The van der Waals surface area contributed by atoms with Gasteiger partial charge in [0.15, 0.2) is 0 Å². The molecule has 1 aliphatic rings. The van der Waals surface area contributed by atoms with Crippen LogP contribution in [0.3, 0.4) is 0 Å². The SMILES string of the molecule is C1=Cc2c(ccc3cc4cc(-c5ccc(-c6cccnc6)cc5)ccc4cc23)CC1. The number of rotatable bonds is 2. The molecule has 0 saturated heterocycles. The Hall–Kier alpha value is -3.71. The number of hydrogen-bond acceptors (Lipinski definition) is 1. The van der Waals surface area contributed by atoms with Gasteiger partial charge in [-0.15, -0.1) is 0 Å². The minimum atomic E-state index is 1.14. The molecule has 1 heteroatoms. The molecule has 0 amide bonds.